The zero-order valence-corrected chi connectivity index (χ0v) is 26.0. The van der Waals surface area contributed by atoms with E-state index in [9.17, 15) is 19.2 Å². The minimum Gasteiger partial charge on any atom is -0.492 e. The van der Waals surface area contributed by atoms with E-state index in [-0.39, 0.29) is 30.0 Å². The topological polar surface area (TPSA) is 105 Å². The molecule has 0 spiro atoms. The second kappa shape index (κ2) is 15.0. The Labute approximate surface area is 274 Å². The van der Waals surface area contributed by atoms with Crippen LogP contribution in [0, 0.1) is 0 Å². The largest absolute Gasteiger partial charge is 0.492 e. The van der Waals surface area contributed by atoms with E-state index >= 15 is 0 Å². The van der Waals surface area contributed by atoms with Gasteiger partial charge >= 0.3 is 0 Å². The van der Waals surface area contributed by atoms with Crippen LogP contribution < -0.4 is 10.1 Å². The molecule has 2 heterocycles. The van der Waals surface area contributed by atoms with Crippen molar-refractivity contribution in [2.75, 3.05) is 13.2 Å². The smallest absolute Gasteiger partial charge is 0.262 e. The molecule has 4 aromatic carbocycles. The number of piperidine rings is 1. The lowest BCUT2D eigenvalue weighted by Gasteiger charge is -2.32. The molecule has 2 aliphatic heterocycles. The molecule has 2 unspecified atom stereocenters. The number of nitrogens with one attached hydrogen (secondary N) is 1. The first-order valence-electron chi connectivity index (χ1n) is 15.9. The molecule has 0 aliphatic carbocycles. The molecule has 1 N–H and O–H groups in total. The van der Waals surface area contributed by atoms with Gasteiger partial charge in [-0.1, -0.05) is 91.0 Å². The summed E-state index contributed by atoms with van der Waals surface area (Å²) in [6.07, 6.45) is 0.863. The first-order valence-corrected chi connectivity index (χ1v) is 15.9. The fourth-order valence-corrected chi connectivity index (χ4v) is 6.04. The second-order valence-electron chi connectivity index (χ2n) is 11.8. The van der Waals surface area contributed by atoms with Crippen molar-refractivity contribution in [1.29, 1.82) is 0 Å². The molecule has 0 aromatic heterocycles. The van der Waals surface area contributed by atoms with Crippen molar-refractivity contribution >= 4 is 23.6 Å². The zero-order valence-electron chi connectivity index (χ0n) is 26.0. The predicted octanol–water partition coefficient (Wildman–Crippen LogP) is 5.14. The van der Waals surface area contributed by atoms with Gasteiger partial charge in [-0.15, -0.1) is 0 Å². The summed E-state index contributed by atoms with van der Waals surface area (Å²) in [5.41, 5.74) is 3.86. The fraction of sp³-hybridized carbons (Fsp3) is 0.263. The van der Waals surface area contributed by atoms with Crippen molar-refractivity contribution in [3.63, 3.8) is 0 Å². The second-order valence-corrected chi connectivity index (χ2v) is 11.8. The number of fused-ring (bicyclic) bond motifs is 1. The molecule has 0 saturated carbocycles. The lowest BCUT2D eigenvalue weighted by Crippen LogP contribution is -2.54. The van der Waals surface area contributed by atoms with Crippen LogP contribution in [0.4, 0.5) is 0 Å². The summed E-state index contributed by atoms with van der Waals surface area (Å²) in [7, 11) is 0. The number of hydrogen-bond donors (Lipinski definition) is 1. The van der Waals surface area contributed by atoms with Crippen LogP contribution in [0.5, 0.6) is 5.75 Å². The first kappa shape index (κ1) is 31.8. The summed E-state index contributed by atoms with van der Waals surface area (Å²) in [5, 5.41) is 2.23. The maximum atomic E-state index is 13.4. The Hall–Kier alpha value is -5.12. The molecule has 240 valence electrons. The number of nitrogens with zero attached hydrogens (tertiary/aromatic N) is 2. The van der Waals surface area contributed by atoms with Crippen molar-refractivity contribution in [3.8, 4) is 5.75 Å². The molecule has 47 heavy (non-hydrogen) atoms. The van der Waals surface area contributed by atoms with Gasteiger partial charge in [0.25, 0.3) is 11.8 Å². The number of amides is 4. The Morgan fingerprint density at radius 3 is 1.96 bits per heavy atom. The number of hydrogen-bond acceptors (Lipinski definition) is 7. The Morgan fingerprint density at radius 2 is 1.34 bits per heavy atom. The molecule has 4 amide bonds. The van der Waals surface area contributed by atoms with Crippen molar-refractivity contribution < 1.29 is 28.7 Å². The highest BCUT2D eigenvalue weighted by molar-refractivity contribution is 6.23. The lowest BCUT2D eigenvalue weighted by atomic mass is 10.0. The van der Waals surface area contributed by atoms with E-state index in [0.717, 1.165) is 10.5 Å². The van der Waals surface area contributed by atoms with Crippen LogP contribution in [0.2, 0.25) is 0 Å². The van der Waals surface area contributed by atoms with Crippen LogP contribution in [-0.2, 0) is 34.0 Å². The summed E-state index contributed by atoms with van der Waals surface area (Å²) in [6, 6.07) is 34.4. The van der Waals surface area contributed by atoms with Crippen LogP contribution in [0.15, 0.2) is 109 Å². The van der Waals surface area contributed by atoms with Crippen molar-refractivity contribution in [3.05, 3.63) is 137 Å². The van der Waals surface area contributed by atoms with E-state index in [0.29, 0.717) is 45.1 Å². The summed E-state index contributed by atoms with van der Waals surface area (Å²) >= 11 is 0. The normalized spacial score (nSPS) is 16.7. The quantitative estimate of drug-likeness (QED) is 0.152. The highest BCUT2D eigenvalue weighted by Crippen LogP contribution is 2.30. The molecule has 9 nitrogen and oxygen atoms in total. The maximum absolute atomic E-state index is 13.4. The first-order chi connectivity index (χ1) is 23.0. The average Bonchev–Trinajstić information content (AvgIpc) is 3.34. The van der Waals surface area contributed by atoms with Gasteiger partial charge in [-0.2, -0.15) is 0 Å². The summed E-state index contributed by atoms with van der Waals surface area (Å²) in [6.45, 7) is 2.73. The summed E-state index contributed by atoms with van der Waals surface area (Å²) in [5.74, 6) is -1.71. The summed E-state index contributed by atoms with van der Waals surface area (Å²) < 4.78 is 12.5. The van der Waals surface area contributed by atoms with E-state index in [1.165, 1.54) is 11.1 Å². The zero-order chi connectivity index (χ0) is 32.6. The maximum Gasteiger partial charge on any atom is 0.262 e. The molecular formula is C38H37N3O6. The van der Waals surface area contributed by atoms with Gasteiger partial charge in [-0.25, -0.2) is 0 Å². The Kier molecular flexibility index (Phi) is 10.2. The molecule has 0 radical (unpaired) electrons. The van der Waals surface area contributed by atoms with Crippen molar-refractivity contribution in [2.24, 2.45) is 0 Å². The van der Waals surface area contributed by atoms with Gasteiger partial charge in [0.15, 0.2) is 0 Å². The van der Waals surface area contributed by atoms with E-state index in [2.05, 4.69) is 34.5 Å². The van der Waals surface area contributed by atoms with Crippen molar-refractivity contribution in [2.45, 2.75) is 51.0 Å². The van der Waals surface area contributed by atoms with Gasteiger partial charge in [0.05, 0.1) is 17.7 Å². The van der Waals surface area contributed by atoms with Gasteiger partial charge in [0.2, 0.25) is 11.8 Å². The number of ether oxygens (including phenoxy) is 2. The van der Waals surface area contributed by atoms with Gasteiger partial charge in [0.1, 0.15) is 18.4 Å². The average molecular weight is 632 g/mol. The van der Waals surface area contributed by atoms with Gasteiger partial charge in [0, 0.05) is 32.2 Å². The molecule has 1 saturated heterocycles. The molecular weight excluding hydrogens is 594 g/mol. The molecule has 1 fully saturated rings. The third kappa shape index (κ3) is 7.82. The monoisotopic (exact) mass is 631 g/mol. The summed E-state index contributed by atoms with van der Waals surface area (Å²) in [4.78, 5) is 54.0. The number of rotatable bonds is 14. The van der Waals surface area contributed by atoms with E-state index in [1.54, 1.807) is 18.2 Å². The molecule has 0 bridgehead atoms. The fourth-order valence-electron chi connectivity index (χ4n) is 6.04. The van der Waals surface area contributed by atoms with Crippen LogP contribution in [0.1, 0.15) is 56.7 Å². The molecule has 9 heteroatoms. The highest BCUT2D eigenvalue weighted by Gasteiger charge is 2.44. The Bertz CT molecular complexity index is 1670. The SMILES string of the molecule is O=C1CCC(N2C(=O)c3ccc(OCC(CCOCc4ccccc4)N(Cc4ccccc4)Cc4ccccc4)cc3C2=O)C(=O)N1. The number of imide groups is 2. The molecule has 4 aromatic rings. The molecule has 6 rings (SSSR count). The standard InChI is InChI=1S/C38H37N3O6/c42-35-19-18-34(36(43)39-35)41-37(44)32-17-16-31(22-33(32)38(41)45)47-26-30(20-21-46-25-29-14-8-3-9-15-29)40(23-27-10-4-1-5-11-27)24-28-12-6-2-7-13-28/h1-17,22,30,34H,18-21,23-26H2,(H,39,42,43). The van der Waals surface area contributed by atoms with Crippen molar-refractivity contribution in [1.82, 2.24) is 15.1 Å². The van der Waals surface area contributed by atoms with Crippen LogP contribution in [0.25, 0.3) is 0 Å². The van der Waals surface area contributed by atoms with Crippen LogP contribution in [-0.4, -0.2) is 58.7 Å². The van der Waals surface area contributed by atoms with Gasteiger partial charge in [-0.3, -0.25) is 34.3 Å². The van der Waals surface area contributed by atoms with E-state index in [1.807, 2.05) is 66.7 Å². The number of carbonyl (C=O) groups excluding carboxylic acids is 4. The van der Waals surface area contributed by atoms with Crippen LogP contribution in [0.3, 0.4) is 0 Å². The van der Waals surface area contributed by atoms with Crippen LogP contribution >= 0.6 is 0 Å². The minimum atomic E-state index is -1.02. The third-order valence-corrected chi connectivity index (χ3v) is 8.53. The Balaban J connectivity index is 1.20. The van der Waals surface area contributed by atoms with E-state index < -0.39 is 29.7 Å². The minimum absolute atomic E-state index is 0.0586. The lowest BCUT2D eigenvalue weighted by molar-refractivity contribution is -0.136. The van der Waals surface area contributed by atoms with Gasteiger partial charge < -0.3 is 9.47 Å². The highest BCUT2D eigenvalue weighted by atomic mass is 16.5. The molecule has 2 aliphatic rings. The molecule has 2 atom stereocenters. The van der Waals surface area contributed by atoms with E-state index in [4.69, 9.17) is 9.47 Å². The third-order valence-electron chi connectivity index (χ3n) is 8.53. The number of benzene rings is 4. The Morgan fingerprint density at radius 1 is 0.745 bits per heavy atom. The number of carbonyl (C=O) groups is 4. The van der Waals surface area contributed by atoms with Gasteiger partial charge in [-0.05, 0) is 47.7 Å². The predicted molar refractivity (Wildman–Crippen MR) is 175 cm³/mol.